The highest BCUT2D eigenvalue weighted by molar-refractivity contribution is 6.31. The van der Waals surface area contributed by atoms with Gasteiger partial charge in [0.15, 0.2) is 6.29 Å². The van der Waals surface area contributed by atoms with Gasteiger partial charge >= 0.3 is 0 Å². The van der Waals surface area contributed by atoms with Crippen molar-refractivity contribution >= 4 is 29.1 Å². The number of nitro benzene ring substituents is 1. The summed E-state index contributed by atoms with van der Waals surface area (Å²) in [7, 11) is 1.88. The fourth-order valence-corrected chi connectivity index (χ4v) is 2.48. The summed E-state index contributed by atoms with van der Waals surface area (Å²) in [4.78, 5) is 27.6. The molecular formula is C16H13N3O3. The number of aliphatic imine (C=N–C) groups is 1. The van der Waals surface area contributed by atoms with Crippen LogP contribution < -0.4 is 4.90 Å². The molecular weight excluding hydrogens is 282 g/mol. The van der Waals surface area contributed by atoms with Gasteiger partial charge in [0, 0.05) is 19.2 Å². The molecule has 0 spiro atoms. The number of carbonyl (C=O) groups excluding carboxylic acids is 1. The second kappa shape index (κ2) is 5.40. The highest BCUT2D eigenvalue weighted by Gasteiger charge is 2.17. The summed E-state index contributed by atoms with van der Waals surface area (Å²) < 4.78 is 0. The lowest BCUT2D eigenvalue weighted by molar-refractivity contribution is -0.384. The lowest BCUT2D eigenvalue weighted by atomic mass is 10.0. The molecule has 2 aromatic rings. The van der Waals surface area contributed by atoms with Gasteiger partial charge in [0.1, 0.15) is 5.71 Å². The first-order valence-electron chi connectivity index (χ1n) is 6.71. The van der Waals surface area contributed by atoms with Crippen molar-refractivity contribution in [3.05, 3.63) is 52.6 Å². The highest BCUT2D eigenvalue weighted by atomic mass is 16.6. The van der Waals surface area contributed by atoms with Gasteiger partial charge in [-0.2, -0.15) is 0 Å². The van der Waals surface area contributed by atoms with Crippen molar-refractivity contribution in [3.8, 4) is 11.1 Å². The van der Waals surface area contributed by atoms with Crippen LogP contribution in [0.25, 0.3) is 11.1 Å². The average molecular weight is 295 g/mol. The Balaban J connectivity index is 2.06. The molecule has 110 valence electrons. The monoisotopic (exact) mass is 295 g/mol. The molecule has 0 radical (unpaired) electrons. The molecule has 1 heterocycles. The van der Waals surface area contributed by atoms with Gasteiger partial charge in [0.25, 0.3) is 5.69 Å². The van der Waals surface area contributed by atoms with Gasteiger partial charge in [-0.15, -0.1) is 0 Å². The molecule has 0 bridgehead atoms. The summed E-state index contributed by atoms with van der Waals surface area (Å²) in [5, 5.41) is 10.9. The molecule has 0 saturated carbocycles. The minimum absolute atomic E-state index is 0.0600. The Labute approximate surface area is 126 Å². The Kier molecular flexibility index (Phi) is 3.42. The molecule has 0 saturated heterocycles. The van der Waals surface area contributed by atoms with E-state index in [-0.39, 0.29) is 5.69 Å². The zero-order valence-electron chi connectivity index (χ0n) is 11.9. The number of rotatable bonds is 3. The normalized spacial score (nSPS) is 13.3. The lowest BCUT2D eigenvalue weighted by Gasteiger charge is -2.25. The van der Waals surface area contributed by atoms with E-state index in [0.717, 1.165) is 28.8 Å². The molecule has 22 heavy (non-hydrogen) atoms. The Bertz CT molecular complexity index is 799. The second-order valence-corrected chi connectivity index (χ2v) is 5.09. The van der Waals surface area contributed by atoms with E-state index < -0.39 is 4.92 Å². The van der Waals surface area contributed by atoms with Gasteiger partial charge in [-0.1, -0.05) is 18.2 Å². The summed E-state index contributed by atoms with van der Waals surface area (Å²) in [5.41, 5.74) is 3.82. The predicted octanol–water partition coefficient (Wildman–Crippen LogP) is 2.98. The number of nitrogens with zero attached hydrogens (tertiary/aromatic N) is 3. The molecule has 0 fully saturated rings. The predicted molar refractivity (Wildman–Crippen MR) is 85.0 cm³/mol. The fraction of sp³-hybridized carbons (Fsp3) is 0.125. The Morgan fingerprint density at radius 2 is 2.00 bits per heavy atom. The summed E-state index contributed by atoms with van der Waals surface area (Å²) >= 11 is 0. The number of carbonyl (C=O) groups is 1. The van der Waals surface area contributed by atoms with Crippen LogP contribution in [0.15, 0.2) is 47.5 Å². The van der Waals surface area contributed by atoms with E-state index in [1.54, 1.807) is 12.1 Å². The number of nitro groups is 1. The fourth-order valence-electron chi connectivity index (χ4n) is 2.48. The van der Waals surface area contributed by atoms with Crippen molar-refractivity contribution in [3.63, 3.8) is 0 Å². The van der Waals surface area contributed by atoms with Gasteiger partial charge in [0.05, 0.1) is 22.8 Å². The largest absolute Gasteiger partial charge is 0.367 e. The molecule has 0 N–H and O–H groups in total. The van der Waals surface area contributed by atoms with E-state index >= 15 is 0 Å². The molecule has 1 aliphatic heterocycles. The first kappa shape index (κ1) is 13.9. The molecule has 6 nitrogen and oxygen atoms in total. The Morgan fingerprint density at radius 1 is 1.23 bits per heavy atom. The third-order valence-electron chi connectivity index (χ3n) is 3.58. The van der Waals surface area contributed by atoms with Crippen LogP contribution in [0.2, 0.25) is 0 Å². The topological polar surface area (TPSA) is 75.8 Å². The lowest BCUT2D eigenvalue weighted by Crippen LogP contribution is -2.29. The van der Waals surface area contributed by atoms with Crippen LogP contribution in [0, 0.1) is 10.1 Å². The number of non-ortho nitro benzene ring substituents is 1. The zero-order chi connectivity index (χ0) is 15.7. The van der Waals surface area contributed by atoms with Crippen molar-refractivity contribution in [1.29, 1.82) is 0 Å². The molecule has 0 amide bonds. The minimum atomic E-state index is -0.408. The molecule has 2 aromatic carbocycles. The van der Waals surface area contributed by atoms with Crippen LogP contribution in [0.1, 0.15) is 0 Å². The maximum atomic E-state index is 10.9. The minimum Gasteiger partial charge on any atom is -0.367 e. The van der Waals surface area contributed by atoms with E-state index in [9.17, 15) is 14.9 Å². The maximum Gasteiger partial charge on any atom is 0.270 e. The van der Waals surface area contributed by atoms with Gasteiger partial charge in [0.2, 0.25) is 0 Å². The molecule has 6 heteroatoms. The summed E-state index contributed by atoms with van der Waals surface area (Å²) in [6.45, 7) is 0.453. The smallest absolute Gasteiger partial charge is 0.270 e. The van der Waals surface area contributed by atoms with E-state index in [0.29, 0.717) is 12.3 Å². The van der Waals surface area contributed by atoms with Crippen molar-refractivity contribution in [1.82, 2.24) is 0 Å². The van der Waals surface area contributed by atoms with E-state index in [2.05, 4.69) is 4.99 Å². The molecule has 0 aromatic heterocycles. The number of aldehydes is 1. The third-order valence-corrected chi connectivity index (χ3v) is 3.58. The number of benzene rings is 2. The third kappa shape index (κ3) is 2.46. The molecule has 1 aliphatic rings. The van der Waals surface area contributed by atoms with Crippen molar-refractivity contribution < 1.29 is 9.72 Å². The molecule has 0 unspecified atom stereocenters. The molecule has 0 atom stereocenters. The van der Waals surface area contributed by atoms with Crippen LogP contribution in [0.5, 0.6) is 0 Å². The summed E-state index contributed by atoms with van der Waals surface area (Å²) in [6.07, 6.45) is 0.758. The number of anilines is 1. The summed E-state index contributed by atoms with van der Waals surface area (Å²) in [6, 6.07) is 12.1. The molecule has 3 rings (SSSR count). The van der Waals surface area contributed by atoms with Crippen LogP contribution >= 0.6 is 0 Å². The average Bonchev–Trinajstić information content (AvgIpc) is 2.54. The standard InChI is InChI=1S/C16H13N3O3/c1-18-9-13(10-20)17-15-6-5-12(8-16(15)18)11-3-2-4-14(7-11)19(21)22/h2-8,10H,9H2,1H3. The van der Waals surface area contributed by atoms with Crippen LogP contribution in [-0.2, 0) is 4.79 Å². The number of fused-ring (bicyclic) bond motifs is 1. The van der Waals surface area contributed by atoms with Crippen LogP contribution in [-0.4, -0.2) is 30.5 Å². The SMILES string of the molecule is CN1CC(C=O)=Nc2ccc(-c3cccc([N+](=O)[O-])c3)cc21. The second-order valence-electron chi connectivity index (χ2n) is 5.09. The van der Waals surface area contributed by atoms with E-state index in [4.69, 9.17) is 0 Å². The maximum absolute atomic E-state index is 10.9. The number of hydrogen-bond acceptors (Lipinski definition) is 5. The highest BCUT2D eigenvalue weighted by Crippen LogP contribution is 2.35. The first-order valence-corrected chi connectivity index (χ1v) is 6.71. The quantitative estimate of drug-likeness (QED) is 0.495. The molecule has 0 aliphatic carbocycles. The van der Waals surface area contributed by atoms with Crippen LogP contribution in [0.4, 0.5) is 17.1 Å². The Hall–Kier alpha value is -3.02. The van der Waals surface area contributed by atoms with Crippen molar-refractivity contribution in [2.45, 2.75) is 0 Å². The van der Waals surface area contributed by atoms with Crippen molar-refractivity contribution in [2.24, 2.45) is 4.99 Å². The van der Waals surface area contributed by atoms with E-state index in [1.807, 2.05) is 36.2 Å². The summed E-state index contributed by atoms with van der Waals surface area (Å²) in [5.74, 6) is 0. The Morgan fingerprint density at radius 3 is 2.73 bits per heavy atom. The first-order chi connectivity index (χ1) is 10.6. The van der Waals surface area contributed by atoms with Gasteiger partial charge in [-0.25, -0.2) is 4.99 Å². The van der Waals surface area contributed by atoms with E-state index in [1.165, 1.54) is 6.07 Å². The van der Waals surface area contributed by atoms with Gasteiger partial charge in [-0.05, 0) is 23.3 Å². The number of hydrogen-bond donors (Lipinski definition) is 0. The van der Waals surface area contributed by atoms with Crippen molar-refractivity contribution in [2.75, 3.05) is 18.5 Å². The van der Waals surface area contributed by atoms with Gasteiger partial charge in [-0.3, -0.25) is 14.9 Å². The zero-order valence-corrected chi connectivity index (χ0v) is 11.9. The van der Waals surface area contributed by atoms with Crippen LogP contribution in [0.3, 0.4) is 0 Å². The van der Waals surface area contributed by atoms with Gasteiger partial charge < -0.3 is 4.90 Å².